The van der Waals surface area contributed by atoms with Crippen molar-refractivity contribution in [1.29, 1.82) is 0 Å². The van der Waals surface area contributed by atoms with Crippen molar-refractivity contribution in [3.05, 3.63) is 29.8 Å². The molecule has 0 aliphatic heterocycles. The normalized spacial score (nSPS) is 11.3. The molecule has 0 unspecified atom stereocenters. The highest BCUT2D eigenvalue weighted by atomic mass is 16.6. The maximum absolute atomic E-state index is 11.9. The quantitative estimate of drug-likeness (QED) is 0.617. The van der Waals surface area contributed by atoms with Gasteiger partial charge in [0, 0.05) is 13.1 Å². The zero-order chi connectivity index (χ0) is 20.5. The second-order valence-electron chi connectivity index (χ2n) is 5.75. The van der Waals surface area contributed by atoms with E-state index in [0.29, 0.717) is 17.6 Å². The summed E-state index contributed by atoms with van der Waals surface area (Å²) >= 11 is 0. The largest absolute Gasteiger partial charge is 0.466 e. The Morgan fingerprint density at radius 3 is 2.39 bits per heavy atom. The first-order valence-corrected chi connectivity index (χ1v) is 8.67. The molecule has 2 N–H and O–H groups in total. The Labute approximate surface area is 162 Å². The van der Waals surface area contributed by atoms with Crippen molar-refractivity contribution in [3.63, 3.8) is 0 Å². The molecule has 1 aromatic carbocycles. The van der Waals surface area contributed by atoms with Crippen LogP contribution in [0.4, 0.5) is 11.9 Å². The molecule has 150 valence electrons. The second-order valence-corrected chi connectivity index (χ2v) is 5.75. The third-order valence-corrected chi connectivity index (χ3v) is 3.67. The fraction of sp³-hybridized carbons (Fsp3) is 0.389. The van der Waals surface area contributed by atoms with Crippen molar-refractivity contribution in [2.45, 2.75) is 26.3 Å². The van der Waals surface area contributed by atoms with Gasteiger partial charge in [0.25, 0.3) is 0 Å². The zero-order valence-corrected chi connectivity index (χ0v) is 16.2. The Hall–Kier alpha value is -3.43. The number of benzene rings is 1. The Morgan fingerprint density at radius 1 is 1.11 bits per heavy atom. The van der Waals surface area contributed by atoms with Crippen LogP contribution in [0.15, 0.2) is 24.3 Å². The number of anilines is 2. The summed E-state index contributed by atoms with van der Waals surface area (Å²) in [5.74, 6) is -0.0994. The van der Waals surface area contributed by atoms with E-state index in [1.807, 2.05) is 13.8 Å². The van der Waals surface area contributed by atoms with Gasteiger partial charge in [0.1, 0.15) is 5.75 Å². The Balaban J connectivity index is 2.07. The molecule has 2 aromatic rings. The van der Waals surface area contributed by atoms with Crippen LogP contribution in [-0.4, -0.2) is 53.7 Å². The van der Waals surface area contributed by atoms with Gasteiger partial charge in [-0.3, -0.25) is 0 Å². The van der Waals surface area contributed by atoms with Crippen LogP contribution in [0.1, 0.15) is 30.6 Å². The molecule has 1 atom stereocenters. The Morgan fingerprint density at radius 2 is 1.79 bits per heavy atom. The highest BCUT2D eigenvalue weighted by Gasteiger charge is 2.12. The molecule has 0 fully saturated rings. The van der Waals surface area contributed by atoms with Gasteiger partial charge in [-0.1, -0.05) is 6.92 Å². The fourth-order valence-corrected chi connectivity index (χ4v) is 1.93. The van der Waals surface area contributed by atoms with Crippen molar-refractivity contribution in [2.75, 3.05) is 31.4 Å². The van der Waals surface area contributed by atoms with Gasteiger partial charge in [-0.2, -0.15) is 15.0 Å². The first-order valence-electron chi connectivity index (χ1n) is 8.67. The predicted octanol–water partition coefficient (Wildman–Crippen LogP) is 2.25. The molecule has 2 rings (SSSR count). The van der Waals surface area contributed by atoms with Crippen LogP contribution in [0, 0.1) is 0 Å². The van der Waals surface area contributed by atoms with Crippen molar-refractivity contribution in [3.8, 4) is 11.8 Å². The van der Waals surface area contributed by atoms with Crippen LogP contribution in [0.5, 0.6) is 11.8 Å². The molecule has 0 saturated carbocycles. The summed E-state index contributed by atoms with van der Waals surface area (Å²) in [7, 11) is 2.91. The molecule has 0 radical (unpaired) electrons. The van der Waals surface area contributed by atoms with Crippen molar-refractivity contribution >= 4 is 23.8 Å². The second kappa shape index (κ2) is 10.0. The number of hydrogen-bond acceptors (Lipinski definition) is 10. The predicted molar refractivity (Wildman–Crippen MR) is 102 cm³/mol. The first-order chi connectivity index (χ1) is 13.4. The number of aromatic nitrogens is 3. The van der Waals surface area contributed by atoms with Crippen LogP contribution >= 0.6 is 0 Å². The third-order valence-electron chi connectivity index (χ3n) is 3.67. The SMILES string of the molecule is CC[C@@H](C)Nc1nc(NC)nc(Oc2ccc(C(=O)OCC(=O)OC)cc2)n1. The maximum Gasteiger partial charge on any atom is 0.344 e. The summed E-state index contributed by atoms with van der Waals surface area (Å²) in [6.45, 7) is 3.62. The van der Waals surface area contributed by atoms with Crippen LogP contribution in [0.3, 0.4) is 0 Å². The molecule has 1 aromatic heterocycles. The monoisotopic (exact) mass is 389 g/mol. The molecule has 0 bridgehead atoms. The third kappa shape index (κ3) is 6.08. The van der Waals surface area contributed by atoms with Crippen molar-refractivity contribution in [2.24, 2.45) is 0 Å². The van der Waals surface area contributed by atoms with Gasteiger partial charge in [-0.25, -0.2) is 9.59 Å². The van der Waals surface area contributed by atoms with E-state index in [1.54, 1.807) is 19.2 Å². The number of ether oxygens (including phenoxy) is 3. The van der Waals surface area contributed by atoms with E-state index in [1.165, 1.54) is 19.2 Å². The smallest absolute Gasteiger partial charge is 0.344 e. The van der Waals surface area contributed by atoms with E-state index in [4.69, 9.17) is 9.47 Å². The summed E-state index contributed by atoms with van der Waals surface area (Å²) in [6, 6.07) is 6.45. The molecule has 10 nitrogen and oxygen atoms in total. The molecule has 0 aliphatic carbocycles. The molecular weight excluding hydrogens is 366 g/mol. The number of hydrogen-bond donors (Lipinski definition) is 2. The van der Waals surface area contributed by atoms with Gasteiger partial charge in [0.2, 0.25) is 11.9 Å². The Bertz CT molecular complexity index is 813. The van der Waals surface area contributed by atoms with Crippen LogP contribution in [-0.2, 0) is 14.3 Å². The van der Waals surface area contributed by atoms with Gasteiger partial charge in [0.15, 0.2) is 6.61 Å². The highest BCUT2D eigenvalue weighted by molar-refractivity contribution is 5.90. The van der Waals surface area contributed by atoms with Crippen molar-refractivity contribution in [1.82, 2.24) is 15.0 Å². The number of carbonyl (C=O) groups excluding carboxylic acids is 2. The minimum absolute atomic E-state index is 0.103. The lowest BCUT2D eigenvalue weighted by Gasteiger charge is -2.13. The molecule has 0 saturated heterocycles. The van der Waals surface area contributed by atoms with E-state index < -0.39 is 18.5 Å². The minimum Gasteiger partial charge on any atom is -0.466 e. The summed E-state index contributed by atoms with van der Waals surface area (Å²) in [6.07, 6.45) is 0.907. The maximum atomic E-state index is 11.9. The van der Waals surface area contributed by atoms with E-state index in [2.05, 4.69) is 30.3 Å². The number of esters is 2. The topological polar surface area (TPSA) is 125 Å². The number of carbonyl (C=O) groups is 2. The van der Waals surface area contributed by atoms with Gasteiger partial charge in [-0.15, -0.1) is 0 Å². The number of methoxy groups -OCH3 is 1. The van der Waals surface area contributed by atoms with Crippen molar-refractivity contribution < 1.29 is 23.8 Å². The fourth-order valence-electron chi connectivity index (χ4n) is 1.93. The molecule has 0 aliphatic rings. The van der Waals surface area contributed by atoms with Crippen LogP contribution < -0.4 is 15.4 Å². The van der Waals surface area contributed by atoms with Gasteiger partial charge in [-0.05, 0) is 37.6 Å². The summed E-state index contributed by atoms with van der Waals surface area (Å²) < 4.78 is 14.9. The zero-order valence-electron chi connectivity index (χ0n) is 16.2. The first kappa shape index (κ1) is 20.9. The van der Waals surface area contributed by atoms with Gasteiger partial charge in [0.05, 0.1) is 12.7 Å². The molecule has 1 heterocycles. The lowest BCUT2D eigenvalue weighted by Crippen LogP contribution is -2.17. The molecule has 10 heteroatoms. The standard InChI is InChI=1S/C18H23N5O5/c1-5-11(2)20-17-21-16(19-3)22-18(23-17)28-13-8-6-12(7-9-13)15(25)27-10-14(24)26-4/h6-9,11H,5,10H2,1-4H3,(H2,19,20,21,22,23)/t11-/m1/s1. The number of rotatable bonds is 9. The van der Waals surface area contributed by atoms with E-state index in [-0.39, 0.29) is 17.6 Å². The summed E-state index contributed by atoms with van der Waals surface area (Å²) in [5, 5.41) is 6.02. The van der Waals surface area contributed by atoms with E-state index >= 15 is 0 Å². The minimum atomic E-state index is -0.644. The molecule has 28 heavy (non-hydrogen) atoms. The van der Waals surface area contributed by atoms with Crippen LogP contribution in [0.2, 0.25) is 0 Å². The summed E-state index contributed by atoms with van der Waals surface area (Å²) in [4.78, 5) is 35.5. The number of nitrogens with zero attached hydrogens (tertiary/aromatic N) is 3. The average Bonchev–Trinajstić information content (AvgIpc) is 2.71. The lowest BCUT2D eigenvalue weighted by molar-refractivity contribution is -0.144. The summed E-state index contributed by atoms with van der Waals surface area (Å²) in [5.41, 5.74) is 0.266. The van der Waals surface area contributed by atoms with Gasteiger partial charge < -0.3 is 24.8 Å². The number of nitrogens with one attached hydrogen (secondary N) is 2. The molecular formula is C18H23N5O5. The van der Waals surface area contributed by atoms with Gasteiger partial charge >= 0.3 is 17.9 Å². The molecule has 0 amide bonds. The molecule has 0 spiro atoms. The van der Waals surface area contributed by atoms with E-state index in [9.17, 15) is 9.59 Å². The lowest BCUT2D eigenvalue weighted by atomic mass is 10.2. The Kier molecular flexibility index (Phi) is 7.49. The highest BCUT2D eigenvalue weighted by Crippen LogP contribution is 2.21. The average molecular weight is 389 g/mol. The van der Waals surface area contributed by atoms with Crippen LogP contribution in [0.25, 0.3) is 0 Å². The van der Waals surface area contributed by atoms with E-state index in [0.717, 1.165) is 6.42 Å².